The minimum absolute atomic E-state index is 0. The summed E-state index contributed by atoms with van der Waals surface area (Å²) in [6.45, 7) is 6.56. The summed E-state index contributed by atoms with van der Waals surface area (Å²) in [5.41, 5.74) is 1.11. The molecule has 1 fully saturated rings. The zero-order valence-corrected chi connectivity index (χ0v) is 18.4. The maximum atomic E-state index is 5.37. The molecule has 2 N–H and O–H groups in total. The number of nitrogens with zero attached hydrogens (tertiary/aromatic N) is 3. The molecule has 144 valence electrons. The highest BCUT2D eigenvalue weighted by Crippen LogP contribution is 2.22. The Kier molecular flexibility index (Phi) is 9.58. The van der Waals surface area contributed by atoms with E-state index in [-0.39, 0.29) is 24.0 Å². The van der Waals surface area contributed by atoms with Gasteiger partial charge in [-0.25, -0.2) is 4.98 Å². The van der Waals surface area contributed by atoms with E-state index < -0.39 is 0 Å². The van der Waals surface area contributed by atoms with Crippen molar-refractivity contribution in [2.75, 3.05) is 53.0 Å². The number of nitrogens with one attached hydrogen (secondary N) is 2. The van der Waals surface area contributed by atoms with Gasteiger partial charge in [0.25, 0.3) is 0 Å². The number of rotatable bonds is 7. The van der Waals surface area contributed by atoms with Gasteiger partial charge < -0.3 is 15.4 Å². The summed E-state index contributed by atoms with van der Waals surface area (Å²) in [7, 11) is 1.82. The van der Waals surface area contributed by atoms with E-state index in [2.05, 4.69) is 43.7 Å². The lowest BCUT2D eigenvalue weighted by atomic mass is 10.3. The maximum Gasteiger partial charge on any atom is 0.191 e. The number of aliphatic imine (C=N–C) groups is 1. The van der Waals surface area contributed by atoms with Crippen LogP contribution in [0.2, 0.25) is 0 Å². The van der Waals surface area contributed by atoms with Gasteiger partial charge in [0.2, 0.25) is 0 Å². The van der Waals surface area contributed by atoms with Crippen molar-refractivity contribution in [2.45, 2.75) is 12.8 Å². The second-order valence-electron chi connectivity index (χ2n) is 6.06. The monoisotopic (exact) mass is 489 g/mol. The van der Waals surface area contributed by atoms with Crippen molar-refractivity contribution in [3.8, 4) is 0 Å². The van der Waals surface area contributed by atoms with Crippen molar-refractivity contribution < 1.29 is 4.74 Å². The summed E-state index contributed by atoms with van der Waals surface area (Å²) in [4.78, 5) is 11.4. The van der Waals surface area contributed by atoms with Crippen LogP contribution < -0.4 is 10.6 Å². The fourth-order valence-electron chi connectivity index (χ4n) is 2.85. The normalized spacial score (nSPS) is 15.7. The van der Waals surface area contributed by atoms with Crippen molar-refractivity contribution in [3.63, 3.8) is 0 Å². The summed E-state index contributed by atoms with van der Waals surface area (Å²) in [6, 6.07) is 8.32. The van der Waals surface area contributed by atoms with Crippen LogP contribution in [0.15, 0.2) is 29.3 Å². The van der Waals surface area contributed by atoms with Gasteiger partial charge in [0, 0.05) is 46.2 Å². The van der Waals surface area contributed by atoms with E-state index in [0.29, 0.717) is 0 Å². The van der Waals surface area contributed by atoms with Crippen LogP contribution in [0.4, 0.5) is 0 Å². The lowest BCUT2D eigenvalue weighted by molar-refractivity contribution is 0.0389. The summed E-state index contributed by atoms with van der Waals surface area (Å²) in [5, 5.41) is 7.97. The molecule has 0 spiro atoms. The highest BCUT2D eigenvalue weighted by Gasteiger charge is 2.09. The standard InChI is InChI=1S/C18H27N5OS.HI/c1-19-18(21-9-10-23-11-13-24-14-12-23)20-8-4-7-17-22-15-5-2-3-6-16(15)25-17;/h2-3,5-6H,4,7-14H2,1H3,(H2,19,20,21);1H. The number of thiazole rings is 1. The first-order valence-electron chi connectivity index (χ1n) is 8.94. The number of para-hydroxylation sites is 1. The van der Waals surface area contributed by atoms with Crippen LogP contribution >= 0.6 is 35.3 Å². The van der Waals surface area contributed by atoms with E-state index in [1.807, 2.05) is 13.1 Å². The topological polar surface area (TPSA) is 61.8 Å². The van der Waals surface area contributed by atoms with E-state index in [4.69, 9.17) is 4.74 Å². The molecule has 8 heteroatoms. The van der Waals surface area contributed by atoms with E-state index in [9.17, 15) is 0 Å². The second kappa shape index (κ2) is 11.7. The van der Waals surface area contributed by atoms with E-state index in [0.717, 1.165) is 70.3 Å². The zero-order chi connectivity index (χ0) is 17.3. The Balaban J connectivity index is 0.00000243. The lowest BCUT2D eigenvalue weighted by Gasteiger charge is -2.26. The molecule has 0 saturated carbocycles. The van der Waals surface area contributed by atoms with Crippen molar-refractivity contribution in [2.24, 2.45) is 4.99 Å². The predicted octanol–water partition coefficient (Wildman–Crippen LogP) is 2.34. The van der Waals surface area contributed by atoms with Crippen molar-refractivity contribution >= 4 is 51.5 Å². The largest absolute Gasteiger partial charge is 0.379 e. The van der Waals surface area contributed by atoms with E-state index >= 15 is 0 Å². The number of fused-ring (bicyclic) bond motifs is 1. The molecule has 1 aromatic heterocycles. The third-order valence-electron chi connectivity index (χ3n) is 4.25. The van der Waals surface area contributed by atoms with Gasteiger partial charge >= 0.3 is 0 Å². The molecule has 1 aliphatic rings. The minimum Gasteiger partial charge on any atom is -0.379 e. The van der Waals surface area contributed by atoms with Gasteiger partial charge in [0.1, 0.15) is 0 Å². The van der Waals surface area contributed by atoms with Crippen molar-refractivity contribution in [3.05, 3.63) is 29.3 Å². The van der Waals surface area contributed by atoms with E-state index in [1.165, 1.54) is 9.71 Å². The summed E-state index contributed by atoms with van der Waals surface area (Å²) < 4.78 is 6.64. The first-order valence-corrected chi connectivity index (χ1v) is 9.76. The highest BCUT2D eigenvalue weighted by atomic mass is 127. The molecule has 0 bridgehead atoms. The van der Waals surface area contributed by atoms with Crippen molar-refractivity contribution in [1.82, 2.24) is 20.5 Å². The Morgan fingerprint density at radius 2 is 2.00 bits per heavy atom. The molecule has 0 unspecified atom stereocenters. The van der Waals surface area contributed by atoms with Gasteiger partial charge in [-0.15, -0.1) is 35.3 Å². The minimum atomic E-state index is 0. The average molecular weight is 489 g/mol. The molecule has 2 aromatic rings. The first kappa shape index (κ1) is 21.3. The number of benzene rings is 1. The number of aryl methyl sites for hydroxylation is 1. The quantitative estimate of drug-likeness (QED) is 0.271. The third-order valence-corrected chi connectivity index (χ3v) is 5.34. The summed E-state index contributed by atoms with van der Waals surface area (Å²) in [6.07, 6.45) is 2.04. The van der Waals surface area contributed by atoms with Gasteiger partial charge in [0.15, 0.2) is 5.96 Å². The fourth-order valence-corrected chi connectivity index (χ4v) is 3.86. The molecule has 1 aromatic carbocycles. The Hall–Kier alpha value is -0.970. The highest BCUT2D eigenvalue weighted by molar-refractivity contribution is 14.0. The van der Waals surface area contributed by atoms with Crippen LogP contribution in [0.5, 0.6) is 0 Å². The first-order chi connectivity index (χ1) is 12.3. The van der Waals surface area contributed by atoms with Gasteiger partial charge in [-0.05, 0) is 18.6 Å². The van der Waals surface area contributed by atoms with Gasteiger partial charge in [-0.3, -0.25) is 9.89 Å². The fraction of sp³-hybridized carbons (Fsp3) is 0.556. The van der Waals surface area contributed by atoms with Crippen LogP contribution in [0.1, 0.15) is 11.4 Å². The SMILES string of the molecule is CN=C(NCCCc1nc2ccccc2s1)NCCN1CCOCC1.I. The Morgan fingerprint density at radius 1 is 1.23 bits per heavy atom. The Morgan fingerprint density at radius 3 is 2.77 bits per heavy atom. The molecular formula is C18H28IN5OS. The van der Waals surface area contributed by atoms with E-state index in [1.54, 1.807) is 11.3 Å². The maximum absolute atomic E-state index is 5.37. The molecule has 3 rings (SSSR count). The number of halogens is 1. The smallest absolute Gasteiger partial charge is 0.191 e. The number of aromatic nitrogens is 1. The van der Waals surface area contributed by atoms with Crippen LogP contribution in [-0.2, 0) is 11.2 Å². The molecule has 26 heavy (non-hydrogen) atoms. The summed E-state index contributed by atoms with van der Waals surface area (Å²) in [5.74, 6) is 0.873. The number of hydrogen-bond donors (Lipinski definition) is 2. The van der Waals surface area contributed by atoms with Gasteiger partial charge in [0.05, 0.1) is 28.4 Å². The molecule has 0 aliphatic carbocycles. The molecule has 1 saturated heterocycles. The van der Waals surface area contributed by atoms with Crippen LogP contribution in [0.3, 0.4) is 0 Å². The average Bonchev–Trinajstić information content (AvgIpc) is 3.07. The molecule has 0 radical (unpaired) electrons. The molecule has 0 amide bonds. The molecule has 1 aliphatic heterocycles. The molecular weight excluding hydrogens is 461 g/mol. The molecule has 2 heterocycles. The van der Waals surface area contributed by atoms with Crippen LogP contribution in [0.25, 0.3) is 10.2 Å². The lowest BCUT2D eigenvalue weighted by Crippen LogP contribution is -2.44. The Labute approximate surface area is 176 Å². The Bertz CT molecular complexity index is 654. The summed E-state index contributed by atoms with van der Waals surface area (Å²) >= 11 is 1.79. The predicted molar refractivity (Wildman–Crippen MR) is 120 cm³/mol. The molecule has 6 nitrogen and oxygen atoms in total. The third kappa shape index (κ3) is 6.64. The van der Waals surface area contributed by atoms with Crippen LogP contribution in [0, 0.1) is 0 Å². The molecule has 0 atom stereocenters. The van der Waals surface area contributed by atoms with Gasteiger partial charge in [-0.1, -0.05) is 12.1 Å². The number of guanidine groups is 1. The van der Waals surface area contributed by atoms with Crippen molar-refractivity contribution in [1.29, 1.82) is 0 Å². The number of hydrogen-bond acceptors (Lipinski definition) is 5. The number of morpholine rings is 1. The van der Waals surface area contributed by atoms with Gasteiger partial charge in [-0.2, -0.15) is 0 Å². The number of ether oxygens (including phenoxy) is 1. The second-order valence-corrected chi connectivity index (χ2v) is 7.17. The van der Waals surface area contributed by atoms with Crippen LogP contribution in [-0.4, -0.2) is 68.8 Å². The zero-order valence-electron chi connectivity index (χ0n) is 15.2.